The maximum atomic E-state index is 13.6. The fourth-order valence-electron chi connectivity index (χ4n) is 4.45. The molecular formula is C29H36FN3O6. The van der Waals surface area contributed by atoms with Crippen LogP contribution in [0.4, 0.5) is 4.39 Å². The van der Waals surface area contributed by atoms with Crippen molar-refractivity contribution >= 4 is 11.9 Å². The first-order chi connectivity index (χ1) is 18.6. The molecule has 0 saturated heterocycles. The molecule has 4 N–H and O–H groups in total. The number of aliphatic carboxylic acids is 1. The van der Waals surface area contributed by atoms with Crippen molar-refractivity contribution in [1.29, 1.82) is 0 Å². The Kier molecular flexibility index (Phi) is 10.6. The maximum Gasteiger partial charge on any atom is 0.305 e. The van der Waals surface area contributed by atoms with Gasteiger partial charge in [-0.1, -0.05) is 26.0 Å². The number of rotatable bonds is 14. The average Bonchev–Trinajstić information content (AvgIpc) is 3.27. The molecule has 0 aliphatic rings. The van der Waals surface area contributed by atoms with E-state index >= 15 is 0 Å². The summed E-state index contributed by atoms with van der Waals surface area (Å²) in [6, 6.07) is 13.4. The zero-order valence-electron chi connectivity index (χ0n) is 22.4. The Morgan fingerprint density at radius 1 is 1.05 bits per heavy atom. The van der Waals surface area contributed by atoms with Crippen molar-refractivity contribution in [3.63, 3.8) is 0 Å². The average molecular weight is 542 g/mol. The highest BCUT2D eigenvalue weighted by Gasteiger charge is 2.26. The minimum Gasteiger partial charge on any atom is -0.497 e. The van der Waals surface area contributed by atoms with Gasteiger partial charge in [0.05, 0.1) is 31.4 Å². The molecule has 0 aliphatic heterocycles. The van der Waals surface area contributed by atoms with Crippen molar-refractivity contribution in [1.82, 2.24) is 14.9 Å². The predicted octanol–water partition coefficient (Wildman–Crippen LogP) is 3.77. The molecule has 39 heavy (non-hydrogen) atoms. The summed E-state index contributed by atoms with van der Waals surface area (Å²) in [4.78, 5) is 28.8. The van der Waals surface area contributed by atoms with Crippen LogP contribution in [0.3, 0.4) is 0 Å². The Labute approximate surface area is 227 Å². The van der Waals surface area contributed by atoms with Gasteiger partial charge in [0.2, 0.25) is 0 Å². The number of aliphatic hydroxyl groups is 2. The van der Waals surface area contributed by atoms with Crippen LogP contribution in [0, 0.1) is 5.82 Å². The van der Waals surface area contributed by atoms with Crippen molar-refractivity contribution in [2.75, 3.05) is 13.7 Å². The van der Waals surface area contributed by atoms with Crippen molar-refractivity contribution in [3.05, 3.63) is 71.3 Å². The Bertz CT molecular complexity index is 1240. The molecule has 0 aliphatic carbocycles. The molecule has 210 valence electrons. The molecule has 1 aromatic heterocycles. The number of nitrogens with one attached hydrogen (secondary N) is 1. The predicted molar refractivity (Wildman–Crippen MR) is 144 cm³/mol. The van der Waals surface area contributed by atoms with E-state index in [-0.39, 0.29) is 36.9 Å². The number of aromatic nitrogens is 2. The van der Waals surface area contributed by atoms with Crippen LogP contribution in [0.2, 0.25) is 0 Å². The van der Waals surface area contributed by atoms with Crippen LogP contribution in [0.5, 0.6) is 5.75 Å². The third-order valence-corrected chi connectivity index (χ3v) is 6.37. The number of imidazole rings is 1. The first-order valence-corrected chi connectivity index (χ1v) is 12.9. The number of carbonyl (C=O) groups excluding carboxylic acids is 1. The Morgan fingerprint density at radius 3 is 2.31 bits per heavy atom. The summed E-state index contributed by atoms with van der Waals surface area (Å²) in [5, 5.41) is 32.2. The molecule has 2 aromatic carbocycles. The number of hydrogen-bond acceptors (Lipinski definition) is 6. The molecule has 1 heterocycles. The van der Waals surface area contributed by atoms with Gasteiger partial charge >= 0.3 is 5.97 Å². The Hall–Kier alpha value is -3.76. The van der Waals surface area contributed by atoms with Crippen LogP contribution < -0.4 is 10.1 Å². The van der Waals surface area contributed by atoms with Gasteiger partial charge < -0.3 is 29.9 Å². The molecule has 2 atom stereocenters. The summed E-state index contributed by atoms with van der Waals surface area (Å²) in [6.07, 6.45) is -1.88. The van der Waals surface area contributed by atoms with Gasteiger partial charge in [-0.2, -0.15) is 0 Å². The maximum absolute atomic E-state index is 13.6. The highest BCUT2D eigenvalue weighted by Crippen LogP contribution is 2.29. The fourth-order valence-corrected chi connectivity index (χ4v) is 4.45. The number of methoxy groups -OCH3 is 1. The second-order valence-corrected chi connectivity index (χ2v) is 9.77. The second-order valence-electron chi connectivity index (χ2n) is 9.77. The molecule has 0 fully saturated rings. The van der Waals surface area contributed by atoms with Gasteiger partial charge in [-0.05, 0) is 67.1 Å². The summed E-state index contributed by atoms with van der Waals surface area (Å²) in [6.45, 7) is 4.52. The molecule has 0 saturated carbocycles. The molecule has 0 spiro atoms. The largest absolute Gasteiger partial charge is 0.497 e. The SMILES string of the molecule is COc1ccc(CCNC(=O)c2nc(-c3ccc(F)cc3)n(CC[C@@H](O)C[C@@H](O)CC(=O)O)c2C(C)C)cc1. The molecule has 3 rings (SSSR count). The smallest absolute Gasteiger partial charge is 0.305 e. The van der Waals surface area contributed by atoms with Gasteiger partial charge in [0.1, 0.15) is 23.1 Å². The molecule has 3 aromatic rings. The van der Waals surface area contributed by atoms with E-state index in [9.17, 15) is 24.2 Å². The lowest BCUT2D eigenvalue weighted by Crippen LogP contribution is -2.27. The van der Waals surface area contributed by atoms with Crippen LogP contribution in [0.25, 0.3) is 11.4 Å². The van der Waals surface area contributed by atoms with Gasteiger partial charge in [0.25, 0.3) is 5.91 Å². The van der Waals surface area contributed by atoms with E-state index in [1.807, 2.05) is 42.7 Å². The monoisotopic (exact) mass is 541 g/mol. The van der Waals surface area contributed by atoms with Gasteiger partial charge in [0, 0.05) is 18.7 Å². The summed E-state index contributed by atoms with van der Waals surface area (Å²) in [7, 11) is 1.60. The number of carboxylic acids is 1. The summed E-state index contributed by atoms with van der Waals surface area (Å²) >= 11 is 0. The number of ether oxygens (including phenoxy) is 1. The molecule has 0 radical (unpaired) electrons. The van der Waals surface area contributed by atoms with E-state index in [1.165, 1.54) is 12.1 Å². The second kappa shape index (κ2) is 13.9. The lowest BCUT2D eigenvalue weighted by atomic mass is 10.0. The topological polar surface area (TPSA) is 134 Å². The van der Waals surface area contributed by atoms with Gasteiger partial charge in [0.15, 0.2) is 0 Å². The fraction of sp³-hybridized carbons (Fsp3) is 0.414. The number of amides is 1. The van der Waals surface area contributed by atoms with Crippen molar-refractivity contribution in [2.45, 2.75) is 64.2 Å². The lowest BCUT2D eigenvalue weighted by molar-refractivity contribution is -0.139. The lowest BCUT2D eigenvalue weighted by Gasteiger charge is -2.19. The van der Waals surface area contributed by atoms with Crippen LogP contribution in [0.15, 0.2) is 48.5 Å². The molecule has 0 bridgehead atoms. The van der Waals surface area contributed by atoms with Gasteiger partial charge in [-0.3, -0.25) is 9.59 Å². The van der Waals surface area contributed by atoms with E-state index in [0.29, 0.717) is 30.0 Å². The Balaban J connectivity index is 1.83. The summed E-state index contributed by atoms with van der Waals surface area (Å²) in [5.41, 5.74) is 2.56. The molecule has 1 amide bonds. The number of nitrogens with zero attached hydrogens (tertiary/aromatic N) is 2. The van der Waals surface area contributed by atoms with E-state index in [1.54, 1.807) is 19.2 Å². The third-order valence-electron chi connectivity index (χ3n) is 6.37. The molecular weight excluding hydrogens is 505 g/mol. The normalized spacial score (nSPS) is 12.8. The zero-order chi connectivity index (χ0) is 28.5. The van der Waals surface area contributed by atoms with Crippen molar-refractivity contribution in [3.8, 4) is 17.1 Å². The molecule has 9 nitrogen and oxygen atoms in total. The van der Waals surface area contributed by atoms with E-state index in [2.05, 4.69) is 10.3 Å². The van der Waals surface area contributed by atoms with E-state index in [4.69, 9.17) is 9.84 Å². The van der Waals surface area contributed by atoms with Crippen LogP contribution in [-0.2, 0) is 17.8 Å². The summed E-state index contributed by atoms with van der Waals surface area (Å²) in [5.74, 6) is -0.787. The standard InChI is InChI=1S/C29H36FN3O6/c1-18(2)27-26(29(38)31-14-12-19-4-10-24(39-3)11-5-19)32-28(20-6-8-21(30)9-7-20)33(27)15-13-22(34)16-23(35)17-25(36)37/h4-11,18,22-23,34-35H,12-17H2,1-3H3,(H,31,38)(H,36,37)/t22-,23-/m1/s1. The van der Waals surface area contributed by atoms with Gasteiger partial charge in [-0.25, -0.2) is 9.37 Å². The summed E-state index contributed by atoms with van der Waals surface area (Å²) < 4.78 is 20.6. The van der Waals surface area contributed by atoms with Crippen LogP contribution in [0.1, 0.15) is 60.8 Å². The highest BCUT2D eigenvalue weighted by atomic mass is 19.1. The highest BCUT2D eigenvalue weighted by molar-refractivity contribution is 5.94. The number of hydrogen-bond donors (Lipinski definition) is 4. The minimum absolute atomic E-state index is 0.0946. The first kappa shape index (κ1) is 29.8. The Morgan fingerprint density at radius 2 is 1.72 bits per heavy atom. The van der Waals surface area contributed by atoms with E-state index < -0.39 is 30.4 Å². The van der Waals surface area contributed by atoms with Crippen molar-refractivity contribution < 1.29 is 34.0 Å². The molecule has 0 unspecified atom stereocenters. The first-order valence-electron chi connectivity index (χ1n) is 12.9. The number of carboxylic acid groups (broad SMARTS) is 1. The number of aliphatic hydroxyl groups excluding tert-OH is 2. The number of halogens is 1. The van der Waals surface area contributed by atoms with Crippen LogP contribution in [-0.4, -0.2) is 62.6 Å². The van der Waals surface area contributed by atoms with E-state index in [0.717, 1.165) is 11.3 Å². The number of carbonyl (C=O) groups is 2. The molecule has 10 heteroatoms. The zero-order valence-corrected chi connectivity index (χ0v) is 22.4. The third kappa shape index (κ3) is 8.36. The number of benzene rings is 2. The van der Waals surface area contributed by atoms with Gasteiger partial charge in [-0.15, -0.1) is 0 Å². The minimum atomic E-state index is -1.17. The quantitative estimate of drug-likeness (QED) is 0.244. The van der Waals surface area contributed by atoms with Crippen LogP contribution >= 0.6 is 0 Å². The van der Waals surface area contributed by atoms with Crippen molar-refractivity contribution in [2.24, 2.45) is 0 Å².